The van der Waals surface area contributed by atoms with Crippen molar-refractivity contribution in [3.8, 4) is 5.75 Å². The summed E-state index contributed by atoms with van der Waals surface area (Å²) in [5, 5.41) is 3.08. The second-order valence-corrected chi connectivity index (χ2v) is 8.98. The average Bonchev–Trinajstić information content (AvgIpc) is 2.67. The molecule has 0 heterocycles. The molecule has 0 aliphatic carbocycles. The number of amides is 1. The molecule has 1 amide bonds. The molecular formula is C20H16BrClN2O4S. The number of benzene rings is 3. The Bertz CT molecular complexity index is 1170. The molecule has 3 rings (SSSR count). The Morgan fingerprint density at radius 3 is 2.48 bits per heavy atom. The highest BCUT2D eigenvalue weighted by atomic mass is 79.9. The molecule has 0 spiro atoms. The first-order valence-corrected chi connectivity index (χ1v) is 11.0. The van der Waals surface area contributed by atoms with Crippen LogP contribution in [-0.4, -0.2) is 21.4 Å². The Labute approximate surface area is 182 Å². The van der Waals surface area contributed by atoms with Crippen LogP contribution in [0.3, 0.4) is 0 Å². The van der Waals surface area contributed by atoms with E-state index in [0.29, 0.717) is 22.0 Å². The third kappa shape index (κ3) is 5.29. The van der Waals surface area contributed by atoms with Gasteiger partial charge in [-0.25, -0.2) is 8.42 Å². The molecule has 9 heteroatoms. The summed E-state index contributed by atoms with van der Waals surface area (Å²) in [6.07, 6.45) is 0. The van der Waals surface area contributed by atoms with Gasteiger partial charge < -0.3 is 10.1 Å². The molecule has 150 valence electrons. The summed E-state index contributed by atoms with van der Waals surface area (Å²) in [6.45, 7) is 0. The molecule has 2 N–H and O–H groups in total. The summed E-state index contributed by atoms with van der Waals surface area (Å²) in [5.41, 5.74) is 0.953. The number of hydrogen-bond acceptors (Lipinski definition) is 4. The van der Waals surface area contributed by atoms with Crippen LogP contribution in [0.4, 0.5) is 11.4 Å². The van der Waals surface area contributed by atoms with E-state index in [-0.39, 0.29) is 10.6 Å². The number of rotatable bonds is 6. The second-order valence-electron chi connectivity index (χ2n) is 5.94. The number of anilines is 2. The maximum atomic E-state index is 12.8. The van der Waals surface area contributed by atoms with Crippen molar-refractivity contribution in [1.29, 1.82) is 0 Å². The van der Waals surface area contributed by atoms with Gasteiger partial charge in [0.1, 0.15) is 5.75 Å². The fraction of sp³-hybridized carbons (Fsp3) is 0.0500. The second kappa shape index (κ2) is 8.86. The van der Waals surface area contributed by atoms with Crippen molar-refractivity contribution in [3.05, 3.63) is 81.8 Å². The predicted octanol–water partition coefficient (Wildman–Crippen LogP) is 5.16. The minimum Gasteiger partial charge on any atom is -0.495 e. The van der Waals surface area contributed by atoms with Gasteiger partial charge in [0.05, 0.1) is 17.7 Å². The first-order chi connectivity index (χ1) is 13.8. The number of nitrogens with one attached hydrogen (secondary N) is 2. The summed E-state index contributed by atoms with van der Waals surface area (Å²) < 4.78 is 34.0. The quantitative estimate of drug-likeness (QED) is 0.494. The topological polar surface area (TPSA) is 84.5 Å². The lowest BCUT2D eigenvalue weighted by Crippen LogP contribution is -2.15. The molecule has 0 aliphatic rings. The third-order valence-corrected chi connectivity index (χ3v) is 6.00. The minimum absolute atomic E-state index is 0.0281. The molecule has 0 saturated carbocycles. The van der Waals surface area contributed by atoms with Crippen molar-refractivity contribution in [2.24, 2.45) is 0 Å². The number of sulfonamides is 1. The fourth-order valence-electron chi connectivity index (χ4n) is 2.54. The van der Waals surface area contributed by atoms with E-state index in [1.165, 1.54) is 31.4 Å². The van der Waals surface area contributed by atoms with Gasteiger partial charge in [-0.2, -0.15) is 0 Å². The zero-order valence-electron chi connectivity index (χ0n) is 15.1. The van der Waals surface area contributed by atoms with E-state index in [2.05, 4.69) is 26.0 Å². The van der Waals surface area contributed by atoms with Gasteiger partial charge in [-0.05, 0) is 54.6 Å². The lowest BCUT2D eigenvalue weighted by molar-refractivity contribution is 0.102. The largest absolute Gasteiger partial charge is 0.495 e. The lowest BCUT2D eigenvalue weighted by Gasteiger charge is -2.14. The zero-order valence-corrected chi connectivity index (χ0v) is 18.3. The summed E-state index contributed by atoms with van der Waals surface area (Å²) >= 11 is 9.23. The van der Waals surface area contributed by atoms with Crippen molar-refractivity contribution in [2.45, 2.75) is 4.90 Å². The van der Waals surface area contributed by atoms with Gasteiger partial charge in [0, 0.05) is 20.7 Å². The molecule has 3 aromatic carbocycles. The number of methoxy groups -OCH3 is 1. The molecule has 3 aromatic rings. The van der Waals surface area contributed by atoms with E-state index >= 15 is 0 Å². The highest BCUT2D eigenvalue weighted by molar-refractivity contribution is 9.10. The molecule has 0 atom stereocenters. The van der Waals surface area contributed by atoms with Crippen LogP contribution in [0.25, 0.3) is 0 Å². The van der Waals surface area contributed by atoms with Crippen molar-refractivity contribution >= 4 is 54.8 Å². The van der Waals surface area contributed by atoms with Gasteiger partial charge in [-0.15, -0.1) is 0 Å². The van der Waals surface area contributed by atoms with Gasteiger partial charge in [0.25, 0.3) is 15.9 Å². The van der Waals surface area contributed by atoms with E-state index in [4.69, 9.17) is 16.3 Å². The van der Waals surface area contributed by atoms with Crippen molar-refractivity contribution in [1.82, 2.24) is 0 Å². The van der Waals surface area contributed by atoms with Gasteiger partial charge >= 0.3 is 0 Å². The first-order valence-electron chi connectivity index (χ1n) is 8.32. The van der Waals surface area contributed by atoms with Gasteiger partial charge in [0.2, 0.25) is 0 Å². The van der Waals surface area contributed by atoms with E-state index in [1.807, 2.05) is 0 Å². The number of carbonyl (C=O) groups is 1. The van der Waals surface area contributed by atoms with E-state index < -0.39 is 15.9 Å². The summed E-state index contributed by atoms with van der Waals surface area (Å²) in [4.78, 5) is 12.5. The molecule has 0 aromatic heterocycles. The average molecular weight is 496 g/mol. The minimum atomic E-state index is -3.88. The Morgan fingerprint density at radius 2 is 1.79 bits per heavy atom. The van der Waals surface area contributed by atoms with Crippen LogP contribution < -0.4 is 14.8 Å². The smallest absolute Gasteiger partial charge is 0.261 e. The highest BCUT2D eigenvalue weighted by Gasteiger charge is 2.18. The van der Waals surface area contributed by atoms with Gasteiger partial charge in [0.15, 0.2) is 0 Å². The standard InChI is InChI=1S/C20H16BrClN2O4S/c1-28-19-9-8-17(29(26,27)24-16-7-3-5-14(21)11-16)12-18(19)23-20(25)13-4-2-6-15(22)10-13/h2-12,24H,1H3,(H,23,25). The zero-order chi connectivity index (χ0) is 21.0. The fourth-order valence-corrected chi connectivity index (χ4v) is 4.21. The van der Waals surface area contributed by atoms with Crippen LogP contribution in [0.1, 0.15) is 10.4 Å². The molecule has 29 heavy (non-hydrogen) atoms. The first kappa shape index (κ1) is 21.2. The molecule has 0 unspecified atom stereocenters. The van der Waals surface area contributed by atoms with Crippen molar-refractivity contribution < 1.29 is 17.9 Å². The monoisotopic (exact) mass is 494 g/mol. The van der Waals surface area contributed by atoms with Crippen molar-refractivity contribution in [3.63, 3.8) is 0 Å². The van der Waals surface area contributed by atoms with Crippen LogP contribution >= 0.6 is 27.5 Å². The number of halogens is 2. The van der Waals surface area contributed by atoms with Crippen molar-refractivity contribution in [2.75, 3.05) is 17.1 Å². The Balaban J connectivity index is 1.91. The van der Waals surface area contributed by atoms with Gasteiger partial charge in [-0.1, -0.05) is 39.7 Å². The summed E-state index contributed by atoms with van der Waals surface area (Å²) in [5.74, 6) is -0.123. The lowest BCUT2D eigenvalue weighted by atomic mass is 10.2. The number of ether oxygens (including phenoxy) is 1. The van der Waals surface area contributed by atoms with Gasteiger partial charge in [-0.3, -0.25) is 9.52 Å². The Kier molecular flexibility index (Phi) is 6.46. The molecule has 0 aliphatic heterocycles. The van der Waals surface area contributed by atoms with Crippen LogP contribution in [0, 0.1) is 0 Å². The number of carbonyl (C=O) groups excluding carboxylic acids is 1. The highest BCUT2D eigenvalue weighted by Crippen LogP contribution is 2.29. The molecule has 0 bridgehead atoms. The third-order valence-electron chi connectivity index (χ3n) is 3.89. The number of hydrogen-bond donors (Lipinski definition) is 2. The summed E-state index contributed by atoms with van der Waals surface area (Å²) in [6, 6.07) is 17.4. The molecular weight excluding hydrogens is 480 g/mol. The van der Waals surface area contributed by atoms with E-state index in [9.17, 15) is 13.2 Å². The SMILES string of the molecule is COc1ccc(S(=O)(=O)Nc2cccc(Br)c2)cc1NC(=O)c1cccc(Cl)c1. The predicted molar refractivity (Wildman–Crippen MR) is 117 cm³/mol. The summed E-state index contributed by atoms with van der Waals surface area (Å²) in [7, 11) is -2.45. The normalized spacial score (nSPS) is 11.0. The van der Waals surface area contributed by atoms with Crippen LogP contribution in [-0.2, 0) is 10.0 Å². The molecule has 6 nitrogen and oxygen atoms in total. The molecule has 0 saturated heterocycles. The molecule has 0 fully saturated rings. The maximum absolute atomic E-state index is 12.8. The molecule has 0 radical (unpaired) electrons. The van der Waals surface area contributed by atoms with Crippen LogP contribution in [0.5, 0.6) is 5.75 Å². The van der Waals surface area contributed by atoms with E-state index in [0.717, 1.165) is 4.47 Å². The van der Waals surface area contributed by atoms with E-state index in [1.54, 1.807) is 42.5 Å². The van der Waals surface area contributed by atoms with Crippen LogP contribution in [0.2, 0.25) is 5.02 Å². The van der Waals surface area contributed by atoms with Crippen LogP contribution in [0.15, 0.2) is 76.1 Å². The Hall–Kier alpha value is -2.55. The Morgan fingerprint density at radius 1 is 1.03 bits per heavy atom. The maximum Gasteiger partial charge on any atom is 0.261 e.